The second-order valence-corrected chi connectivity index (χ2v) is 7.60. The molecule has 1 aromatic carbocycles. The van der Waals surface area contributed by atoms with Gasteiger partial charge in [0.05, 0.1) is 10.4 Å². The summed E-state index contributed by atoms with van der Waals surface area (Å²) in [6.45, 7) is -0.261. The molecule has 0 bridgehead atoms. The van der Waals surface area contributed by atoms with E-state index in [1.807, 2.05) is 0 Å². The molecule has 124 valence electrons. The van der Waals surface area contributed by atoms with Crippen LogP contribution in [0.3, 0.4) is 0 Å². The summed E-state index contributed by atoms with van der Waals surface area (Å²) in [6.07, 6.45) is -1.82. The molecule has 5 nitrogen and oxygen atoms in total. The molecule has 0 aliphatic carbocycles. The van der Waals surface area contributed by atoms with Crippen molar-refractivity contribution in [1.82, 2.24) is 9.29 Å². The molecule has 1 aliphatic heterocycles. The maximum absolute atomic E-state index is 12.8. The van der Waals surface area contributed by atoms with Crippen molar-refractivity contribution in [3.8, 4) is 0 Å². The summed E-state index contributed by atoms with van der Waals surface area (Å²) in [5.74, 6) is 0. The molecule has 8 heteroatoms. The summed E-state index contributed by atoms with van der Waals surface area (Å²) >= 11 is 0. The number of piperidine rings is 1. The zero-order valence-electron chi connectivity index (χ0n) is 12.2. The number of rotatable bonds is 3. The summed E-state index contributed by atoms with van der Waals surface area (Å²) in [5.41, 5.74) is -1.42. The molecule has 0 unspecified atom stereocenters. The number of aliphatic hydroxyl groups is 1. The summed E-state index contributed by atoms with van der Waals surface area (Å²) in [7, 11) is -3.78. The van der Waals surface area contributed by atoms with E-state index in [1.165, 1.54) is 12.1 Å². The van der Waals surface area contributed by atoms with Gasteiger partial charge in [0.15, 0.2) is 0 Å². The third-order valence-corrected chi connectivity index (χ3v) is 6.10. The Kier molecular flexibility index (Phi) is 4.07. The second-order valence-electron chi connectivity index (χ2n) is 5.67. The Labute approximate surface area is 132 Å². The normalized spacial score (nSPS) is 19.3. The molecule has 0 atom stereocenters. The third kappa shape index (κ3) is 2.93. The Morgan fingerprint density at radius 3 is 2.57 bits per heavy atom. The molecular formula is C15H16F2N2O3S. The lowest BCUT2D eigenvalue weighted by Crippen LogP contribution is -2.50. The van der Waals surface area contributed by atoms with Crippen molar-refractivity contribution in [1.29, 1.82) is 0 Å². The van der Waals surface area contributed by atoms with Gasteiger partial charge in [-0.05, 0) is 37.1 Å². The third-order valence-electron chi connectivity index (χ3n) is 4.21. The predicted octanol–water partition coefficient (Wildman–Crippen LogP) is 2.02. The first-order valence-corrected chi connectivity index (χ1v) is 8.62. The van der Waals surface area contributed by atoms with Gasteiger partial charge in [-0.3, -0.25) is 4.98 Å². The van der Waals surface area contributed by atoms with Crippen LogP contribution >= 0.6 is 0 Å². The van der Waals surface area contributed by atoms with Gasteiger partial charge in [-0.15, -0.1) is 0 Å². The van der Waals surface area contributed by atoms with Crippen molar-refractivity contribution in [3.63, 3.8) is 0 Å². The lowest BCUT2D eigenvalue weighted by atomic mass is 9.93. The fourth-order valence-corrected chi connectivity index (χ4v) is 4.17. The van der Waals surface area contributed by atoms with E-state index < -0.39 is 22.0 Å². The van der Waals surface area contributed by atoms with E-state index in [0.717, 1.165) is 4.31 Å². The van der Waals surface area contributed by atoms with Crippen molar-refractivity contribution in [2.45, 2.75) is 29.8 Å². The molecule has 23 heavy (non-hydrogen) atoms. The fraction of sp³-hybridized carbons (Fsp3) is 0.400. The highest BCUT2D eigenvalue weighted by Crippen LogP contribution is 2.31. The van der Waals surface area contributed by atoms with Crippen LogP contribution in [0.25, 0.3) is 10.9 Å². The van der Waals surface area contributed by atoms with E-state index in [1.54, 1.807) is 24.4 Å². The van der Waals surface area contributed by atoms with Crippen LogP contribution in [0.15, 0.2) is 41.4 Å². The first kappa shape index (κ1) is 16.2. The van der Waals surface area contributed by atoms with Gasteiger partial charge in [0.1, 0.15) is 5.60 Å². The molecule has 0 spiro atoms. The van der Waals surface area contributed by atoms with Crippen LogP contribution in [0, 0.1) is 0 Å². The molecule has 2 heterocycles. The number of alkyl halides is 2. The molecule has 1 fully saturated rings. The van der Waals surface area contributed by atoms with Crippen LogP contribution in [-0.2, 0) is 10.0 Å². The molecule has 0 saturated carbocycles. The van der Waals surface area contributed by atoms with Crippen LogP contribution in [0.2, 0.25) is 0 Å². The van der Waals surface area contributed by atoms with E-state index in [0.29, 0.717) is 10.9 Å². The lowest BCUT2D eigenvalue weighted by molar-refractivity contribution is -0.119. The first-order valence-electron chi connectivity index (χ1n) is 7.18. The zero-order chi connectivity index (χ0) is 16.7. The molecule has 0 amide bonds. The summed E-state index contributed by atoms with van der Waals surface area (Å²) < 4.78 is 52.0. The Hall–Kier alpha value is -1.64. The molecule has 3 rings (SSSR count). The van der Waals surface area contributed by atoms with Gasteiger partial charge in [0.2, 0.25) is 10.0 Å². The summed E-state index contributed by atoms with van der Waals surface area (Å²) in [4.78, 5) is 4.23. The maximum atomic E-state index is 12.8. The number of aromatic nitrogens is 1. The Balaban J connectivity index is 1.86. The Morgan fingerprint density at radius 2 is 1.91 bits per heavy atom. The van der Waals surface area contributed by atoms with Crippen LogP contribution in [-0.4, -0.2) is 47.9 Å². The topological polar surface area (TPSA) is 70.5 Å². The quantitative estimate of drug-likeness (QED) is 0.926. The van der Waals surface area contributed by atoms with Crippen molar-refractivity contribution in [2.24, 2.45) is 0 Å². The van der Waals surface area contributed by atoms with Gasteiger partial charge in [-0.1, -0.05) is 6.07 Å². The van der Waals surface area contributed by atoms with Gasteiger partial charge >= 0.3 is 0 Å². The number of hydrogen-bond acceptors (Lipinski definition) is 4. The predicted molar refractivity (Wildman–Crippen MR) is 80.7 cm³/mol. The molecule has 1 aromatic heterocycles. The minimum absolute atomic E-state index is 0.0977. The Morgan fingerprint density at radius 1 is 1.22 bits per heavy atom. The number of benzene rings is 1. The van der Waals surface area contributed by atoms with Crippen molar-refractivity contribution < 1.29 is 22.3 Å². The van der Waals surface area contributed by atoms with Gasteiger partial charge in [-0.25, -0.2) is 17.2 Å². The van der Waals surface area contributed by atoms with Crippen molar-refractivity contribution >= 4 is 20.9 Å². The number of pyridine rings is 1. The maximum Gasteiger partial charge on any atom is 0.266 e. The zero-order valence-corrected chi connectivity index (χ0v) is 13.0. The van der Waals surface area contributed by atoms with Gasteiger partial charge in [0, 0.05) is 24.7 Å². The van der Waals surface area contributed by atoms with E-state index in [9.17, 15) is 22.3 Å². The number of fused-ring (bicyclic) bond motifs is 1. The van der Waals surface area contributed by atoms with Crippen LogP contribution in [0.4, 0.5) is 8.78 Å². The van der Waals surface area contributed by atoms with E-state index in [-0.39, 0.29) is 30.8 Å². The number of halogens is 2. The Bertz CT molecular complexity index is 818. The van der Waals surface area contributed by atoms with E-state index in [2.05, 4.69) is 4.98 Å². The van der Waals surface area contributed by atoms with Crippen LogP contribution in [0.5, 0.6) is 0 Å². The molecule has 1 saturated heterocycles. The van der Waals surface area contributed by atoms with Crippen molar-refractivity contribution in [2.75, 3.05) is 13.1 Å². The molecule has 1 N–H and O–H groups in total. The minimum atomic E-state index is -3.78. The fourth-order valence-electron chi connectivity index (χ4n) is 2.70. The smallest absolute Gasteiger partial charge is 0.266 e. The highest BCUT2D eigenvalue weighted by atomic mass is 32.2. The molecule has 2 aromatic rings. The monoisotopic (exact) mass is 342 g/mol. The summed E-state index contributed by atoms with van der Waals surface area (Å²) in [5, 5.41) is 10.5. The SMILES string of the molecule is O=S(=O)(c1ccc2ncccc2c1)N1CCC(O)(C(F)F)CC1. The van der Waals surface area contributed by atoms with E-state index >= 15 is 0 Å². The largest absolute Gasteiger partial charge is 0.384 e. The molecule has 0 radical (unpaired) electrons. The molecule has 1 aliphatic rings. The second kappa shape index (κ2) is 5.77. The van der Waals surface area contributed by atoms with Gasteiger partial charge < -0.3 is 5.11 Å². The average Bonchev–Trinajstić information content (AvgIpc) is 2.54. The number of nitrogens with zero attached hydrogens (tertiary/aromatic N) is 2. The average molecular weight is 342 g/mol. The number of hydrogen-bond donors (Lipinski definition) is 1. The van der Waals surface area contributed by atoms with E-state index in [4.69, 9.17) is 0 Å². The van der Waals surface area contributed by atoms with Gasteiger partial charge in [0.25, 0.3) is 6.43 Å². The first-order chi connectivity index (χ1) is 10.8. The minimum Gasteiger partial charge on any atom is -0.384 e. The van der Waals surface area contributed by atoms with Crippen molar-refractivity contribution in [3.05, 3.63) is 36.5 Å². The van der Waals surface area contributed by atoms with Crippen LogP contribution in [0.1, 0.15) is 12.8 Å². The number of sulfonamides is 1. The van der Waals surface area contributed by atoms with Gasteiger partial charge in [-0.2, -0.15) is 4.31 Å². The molecular weight excluding hydrogens is 326 g/mol. The lowest BCUT2D eigenvalue weighted by Gasteiger charge is -2.36. The standard InChI is InChI=1S/C15H16F2N2O3S/c16-14(17)15(20)5-8-19(9-6-15)23(21,22)12-3-4-13-11(10-12)2-1-7-18-13/h1-4,7,10,14,20H,5-6,8-9H2. The summed E-state index contributed by atoms with van der Waals surface area (Å²) in [6, 6.07) is 8.06. The van der Waals surface area contributed by atoms with Crippen LogP contribution < -0.4 is 0 Å². The highest BCUT2D eigenvalue weighted by molar-refractivity contribution is 7.89. The highest BCUT2D eigenvalue weighted by Gasteiger charge is 2.43.